The van der Waals surface area contributed by atoms with Gasteiger partial charge in [0.15, 0.2) is 11.6 Å². The second-order valence-corrected chi connectivity index (χ2v) is 5.92. The van der Waals surface area contributed by atoms with Crippen LogP contribution in [0.2, 0.25) is 0 Å². The van der Waals surface area contributed by atoms with Gasteiger partial charge in [0.05, 0.1) is 12.4 Å². The molecule has 1 rings (SSSR count). The van der Waals surface area contributed by atoms with Crippen molar-refractivity contribution in [2.75, 3.05) is 24.2 Å². The smallest absolute Gasteiger partial charge is 0.235 e. The third kappa shape index (κ3) is 4.21. The zero-order valence-corrected chi connectivity index (χ0v) is 11.2. The number of sulfonamides is 1. The van der Waals surface area contributed by atoms with Crippen molar-refractivity contribution >= 4 is 31.6 Å². The van der Waals surface area contributed by atoms with Crippen LogP contribution in [0.5, 0.6) is 0 Å². The summed E-state index contributed by atoms with van der Waals surface area (Å²) >= 11 is 2.89. The van der Waals surface area contributed by atoms with Crippen LogP contribution >= 0.6 is 15.9 Å². The van der Waals surface area contributed by atoms with Gasteiger partial charge in [0.1, 0.15) is 5.69 Å². The van der Waals surface area contributed by atoms with Crippen LogP contribution in [0.4, 0.5) is 14.5 Å². The summed E-state index contributed by atoms with van der Waals surface area (Å²) in [5.41, 5.74) is -0.690. The molecule has 0 aromatic heterocycles. The van der Waals surface area contributed by atoms with E-state index in [-0.39, 0.29) is 16.8 Å². The van der Waals surface area contributed by atoms with E-state index in [1.54, 1.807) is 0 Å². The fourth-order valence-corrected chi connectivity index (χ4v) is 2.44. The van der Waals surface area contributed by atoms with Crippen LogP contribution in [0.3, 0.4) is 0 Å². The summed E-state index contributed by atoms with van der Waals surface area (Å²) < 4.78 is 56.1. The summed E-state index contributed by atoms with van der Waals surface area (Å²) in [5, 5.41) is 0. The second-order valence-electron chi connectivity index (χ2n) is 3.16. The Morgan fingerprint density at radius 3 is 2.35 bits per heavy atom. The number of rotatable bonds is 5. The lowest BCUT2D eigenvalue weighted by Crippen LogP contribution is -2.21. The molecule has 8 heteroatoms. The molecule has 96 valence electrons. The van der Waals surface area contributed by atoms with Gasteiger partial charge in [-0.15, -0.1) is 0 Å². The molecule has 0 aliphatic rings. The van der Waals surface area contributed by atoms with Gasteiger partial charge in [0, 0.05) is 11.6 Å². The summed E-state index contributed by atoms with van der Waals surface area (Å²) in [4.78, 5) is 0. The van der Waals surface area contributed by atoms with Crippen molar-refractivity contribution in [3.05, 3.63) is 28.2 Å². The van der Waals surface area contributed by atoms with Gasteiger partial charge >= 0.3 is 0 Å². The lowest BCUT2D eigenvalue weighted by Gasteiger charge is -2.09. The zero-order valence-electron chi connectivity index (χ0n) is 8.84. The van der Waals surface area contributed by atoms with E-state index in [2.05, 4.69) is 20.7 Å². The zero-order chi connectivity index (χ0) is 13.1. The summed E-state index contributed by atoms with van der Waals surface area (Å²) in [5.74, 6) is -2.35. The molecule has 1 aromatic carbocycles. The maximum Gasteiger partial charge on any atom is 0.235 e. The molecule has 0 atom stereocenters. The fourth-order valence-electron chi connectivity index (χ4n) is 1.04. The molecule has 1 N–H and O–H groups in total. The molecule has 0 unspecified atom stereocenters. The minimum atomic E-state index is -3.82. The topological polar surface area (TPSA) is 55.4 Å². The van der Waals surface area contributed by atoms with E-state index in [4.69, 9.17) is 0 Å². The highest BCUT2D eigenvalue weighted by atomic mass is 79.9. The maximum atomic E-state index is 13.3. The van der Waals surface area contributed by atoms with Crippen LogP contribution in [0.25, 0.3) is 0 Å². The summed E-state index contributed by atoms with van der Waals surface area (Å²) in [7, 11) is -2.50. The van der Waals surface area contributed by atoms with Crippen molar-refractivity contribution in [3.63, 3.8) is 0 Å². The Labute approximate surface area is 106 Å². The van der Waals surface area contributed by atoms with Crippen LogP contribution < -0.4 is 4.72 Å². The third-order valence-corrected chi connectivity index (χ3v) is 3.50. The SMILES string of the molecule is COCCS(=O)(=O)Nc1c(F)cc(Br)cc1F. The number of anilines is 1. The molecule has 0 saturated carbocycles. The highest BCUT2D eigenvalue weighted by Crippen LogP contribution is 2.24. The Balaban J connectivity index is 2.96. The first-order chi connectivity index (χ1) is 7.85. The minimum Gasteiger partial charge on any atom is -0.384 e. The van der Waals surface area contributed by atoms with Crippen LogP contribution in [-0.4, -0.2) is 27.9 Å². The molecule has 0 saturated heterocycles. The van der Waals surface area contributed by atoms with E-state index in [1.165, 1.54) is 7.11 Å². The standard InChI is InChI=1S/C9H10BrF2NO3S/c1-16-2-3-17(14,15)13-9-7(11)4-6(10)5-8(9)12/h4-5,13H,2-3H2,1H3. The quantitative estimate of drug-likeness (QED) is 0.900. The molecule has 0 spiro atoms. The van der Waals surface area contributed by atoms with E-state index in [0.717, 1.165) is 12.1 Å². The average molecular weight is 330 g/mol. The van der Waals surface area contributed by atoms with E-state index < -0.39 is 27.3 Å². The Bertz CT molecular complexity index is 484. The third-order valence-electron chi connectivity index (χ3n) is 1.82. The molecule has 0 radical (unpaired) electrons. The second kappa shape index (κ2) is 5.74. The highest BCUT2D eigenvalue weighted by molar-refractivity contribution is 9.10. The van der Waals surface area contributed by atoms with Crippen LogP contribution in [0, 0.1) is 11.6 Å². The van der Waals surface area contributed by atoms with Crippen LogP contribution in [0.1, 0.15) is 0 Å². The molecular formula is C9H10BrF2NO3S. The lowest BCUT2D eigenvalue weighted by atomic mass is 10.3. The molecule has 0 fully saturated rings. The van der Waals surface area contributed by atoms with E-state index in [1.807, 2.05) is 4.72 Å². The normalized spacial score (nSPS) is 11.5. The Morgan fingerprint density at radius 2 is 1.88 bits per heavy atom. The largest absolute Gasteiger partial charge is 0.384 e. The molecule has 4 nitrogen and oxygen atoms in total. The van der Waals surface area contributed by atoms with Crippen LogP contribution in [-0.2, 0) is 14.8 Å². The van der Waals surface area contributed by atoms with Gasteiger partial charge in [-0.1, -0.05) is 15.9 Å². The summed E-state index contributed by atoms with van der Waals surface area (Å²) in [6.07, 6.45) is 0. The molecule has 17 heavy (non-hydrogen) atoms. The Kier molecular flexibility index (Phi) is 4.84. The van der Waals surface area contributed by atoms with Crippen molar-refractivity contribution in [1.82, 2.24) is 0 Å². The molecule has 0 aliphatic heterocycles. The van der Waals surface area contributed by atoms with Gasteiger partial charge in [-0.2, -0.15) is 0 Å². The number of hydrogen-bond acceptors (Lipinski definition) is 3. The first-order valence-corrected chi connectivity index (χ1v) is 6.94. The lowest BCUT2D eigenvalue weighted by molar-refractivity contribution is 0.217. The molecule has 0 aliphatic carbocycles. The van der Waals surface area contributed by atoms with Gasteiger partial charge in [-0.25, -0.2) is 17.2 Å². The van der Waals surface area contributed by atoms with Gasteiger partial charge in [-0.05, 0) is 12.1 Å². The summed E-state index contributed by atoms with van der Waals surface area (Å²) in [6.45, 7) is -0.0604. The van der Waals surface area contributed by atoms with Gasteiger partial charge in [0.25, 0.3) is 0 Å². The predicted molar refractivity (Wildman–Crippen MR) is 63.3 cm³/mol. The number of halogens is 3. The van der Waals surface area contributed by atoms with Crippen molar-refractivity contribution in [1.29, 1.82) is 0 Å². The number of methoxy groups -OCH3 is 1. The van der Waals surface area contributed by atoms with E-state index in [9.17, 15) is 17.2 Å². The Morgan fingerprint density at radius 1 is 1.35 bits per heavy atom. The first-order valence-electron chi connectivity index (χ1n) is 4.49. The van der Waals surface area contributed by atoms with E-state index >= 15 is 0 Å². The van der Waals surface area contributed by atoms with Gasteiger partial charge in [0.2, 0.25) is 10.0 Å². The van der Waals surface area contributed by atoms with Crippen molar-refractivity contribution in [2.45, 2.75) is 0 Å². The van der Waals surface area contributed by atoms with Crippen molar-refractivity contribution < 1.29 is 21.9 Å². The molecule has 0 amide bonds. The van der Waals surface area contributed by atoms with Crippen LogP contribution in [0.15, 0.2) is 16.6 Å². The first kappa shape index (κ1) is 14.3. The number of benzene rings is 1. The molecule has 0 bridgehead atoms. The molecular weight excluding hydrogens is 320 g/mol. The number of nitrogens with one attached hydrogen (secondary N) is 1. The Hall–Kier alpha value is -0.730. The molecule has 1 aromatic rings. The minimum absolute atomic E-state index is 0.0604. The summed E-state index contributed by atoms with van der Waals surface area (Å²) in [6, 6.07) is 1.94. The molecule has 0 heterocycles. The maximum absolute atomic E-state index is 13.3. The van der Waals surface area contributed by atoms with Crippen molar-refractivity contribution in [2.24, 2.45) is 0 Å². The fraction of sp³-hybridized carbons (Fsp3) is 0.333. The average Bonchev–Trinajstić information content (AvgIpc) is 2.21. The van der Waals surface area contributed by atoms with Gasteiger partial charge in [-0.3, -0.25) is 4.72 Å². The number of ether oxygens (including phenoxy) is 1. The predicted octanol–water partition coefficient (Wildman–Crippen LogP) is 2.12. The highest BCUT2D eigenvalue weighted by Gasteiger charge is 2.17. The van der Waals surface area contributed by atoms with Gasteiger partial charge < -0.3 is 4.74 Å². The van der Waals surface area contributed by atoms with E-state index in [0.29, 0.717) is 0 Å². The monoisotopic (exact) mass is 329 g/mol. The van der Waals surface area contributed by atoms with Crippen molar-refractivity contribution in [3.8, 4) is 0 Å². The number of hydrogen-bond donors (Lipinski definition) is 1.